The van der Waals surface area contributed by atoms with E-state index in [1.807, 2.05) is 0 Å². The van der Waals surface area contributed by atoms with Crippen molar-refractivity contribution in [2.45, 2.75) is 0 Å². The van der Waals surface area contributed by atoms with Crippen LogP contribution in [0.15, 0.2) is 34.1 Å². The minimum atomic E-state index is -1.09. The van der Waals surface area contributed by atoms with Gasteiger partial charge in [0.25, 0.3) is 0 Å². The molecule has 0 radical (unpaired) electrons. The SMILES string of the molecule is O=C(Nc1cc(Cl)ccc1Br)Nc1sccc1C(=O)O. The van der Waals surface area contributed by atoms with Crippen molar-refractivity contribution >= 4 is 61.6 Å². The van der Waals surface area contributed by atoms with Crippen LogP contribution < -0.4 is 10.6 Å². The van der Waals surface area contributed by atoms with E-state index in [0.717, 1.165) is 11.3 Å². The Kier molecular flexibility index (Phi) is 4.64. The topological polar surface area (TPSA) is 78.4 Å². The zero-order valence-electron chi connectivity index (χ0n) is 9.81. The Bertz CT molecular complexity index is 674. The minimum absolute atomic E-state index is 0.0512. The van der Waals surface area contributed by atoms with E-state index in [1.54, 1.807) is 23.6 Å². The number of thiophene rings is 1. The smallest absolute Gasteiger partial charge is 0.338 e. The number of aromatic carboxylic acids is 1. The first-order valence-corrected chi connectivity index (χ1v) is 7.36. The quantitative estimate of drug-likeness (QED) is 0.738. The Balaban J connectivity index is 2.11. The molecule has 0 saturated carbocycles. The fraction of sp³-hybridized carbons (Fsp3) is 0. The van der Waals surface area contributed by atoms with E-state index < -0.39 is 12.0 Å². The number of halogens is 2. The molecule has 0 aliphatic heterocycles. The normalized spacial score (nSPS) is 10.1. The first-order chi connectivity index (χ1) is 9.47. The fourth-order valence-corrected chi connectivity index (χ4v) is 2.72. The number of carbonyl (C=O) groups excluding carboxylic acids is 1. The van der Waals surface area contributed by atoms with Crippen molar-refractivity contribution < 1.29 is 14.7 Å². The number of anilines is 2. The lowest BCUT2D eigenvalue weighted by atomic mass is 10.3. The number of carboxylic acid groups (broad SMARTS) is 1. The highest BCUT2D eigenvalue weighted by Gasteiger charge is 2.14. The van der Waals surface area contributed by atoms with E-state index >= 15 is 0 Å². The van der Waals surface area contributed by atoms with Gasteiger partial charge >= 0.3 is 12.0 Å². The van der Waals surface area contributed by atoms with Gasteiger partial charge in [0.15, 0.2) is 0 Å². The number of rotatable bonds is 3. The Morgan fingerprint density at radius 3 is 2.70 bits per heavy atom. The highest BCUT2D eigenvalue weighted by Crippen LogP contribution is 2.27. The number of urea groups is 1. The monoisotopic (exact) mass is 374 g/mol. The molecule has 0 saturated heterocycles. The largest absolute Gasteiger partial charge is 0.478 e. The molecule has 1 heterocycles. The molecule has 0 bridgehead atoms. The van der Waals surface area contributed by atoms with E-state index in [1.165, 1.54) is 6.07 Å². The van der Waals surface area contributed by atoms with Gasteiger partial charge in [0, 0.05) is 9.50 Å². The summed E-state index contributed by atoms with van der Waals surface area (Å²) in [6.45, 7) is 0. The number of carboxylic acids is 1. The van der Waals surface area contributed by atoms with Crippen molar-refractivity contribution in [1.82, 2.24) is 0 Å². The maximum atomic E-state index is 11.8. The number of nitrogens with one attached hydrogen (secondary N) is 2. The van der Waals surface area contributed by atoms with Crippen molar-refractivity contribution in [3.8, 4) is 0 Å². The summed E-state index contributed by atoms with van der Waals surface area (Å²) in [5.74, 6) is -1.09. The highest BCUT2D eigenvalue weighted by atomic mass is 79.9. The molecule has 3 N–H and O–H groups in total. The van der Waals surface area contributed by atoms with Crippen LogP contribution in [0.1, 0.15) is 10.4 Å². The van der Waals surface area contributed by atoms with E-state index in [0.29, 0.717) is 15.2 Å². The zero-order valence-corrected chi connectivity index (χ0v) is 13.0. The van der Waals surface area contributed by atoms with E-state index in [4.69, 9.17) is 16.7 Å². The third-order valence-electron chi connectivity index (χ3n) is 2.30. The van der Waals surface area contributed by atoms with Crippen LogP contribution in [0.4, 0.5) is 15.5 Å². The maximum absolute atomic E-state index is 11.8. The maximum Gasteiger partial charge on any atom is 0.338 e. The molecule has 20 heavy (non-hydrogen) atoms. The van der Waals surface area contributed by atoms with Crippen molar-refractivity contribution in [3.05, 3.63) is 44.7 Å². The van der Waals surface area contributed by atoms with Gasteiger partial charge < -0.3 is 10.4 Å². The van der Waals surface area contributed by atoms with Gasteiger partial charge in [-0.25, -0.2) is 9.59 Å². The molecule has 2 amide bonds. The predicted octanol–water partition coefficient (Wildman–Crippen LogP) is 4.51. The summed E-state index contributed by atoms with van der Waals surface area (Å²) in [5, 5.41) is 16.4. The van der Waals surface area contributed by atoms with Gasteiger partial charge in [-0.2, -0.15) is 0 Å². The summed E-state index contributed by atoms with van der Waals surface area (Å²) < 4.78 is 0.668. The summed E-state index contributed by atoms with van der Waals surface area (Å²) >= 11 is 10.3. The average molecular weight is 376 g/mol. The van der Waals surface area contributed by atoms with E-state index in [9.17, 15) is 9.59 Å². The molecule has 2 aromatic rings. The van der Waals surface area contributed by atoms with Gasteiger partial charge in [-0.05, 0) is 45.6 Å². The first-order valence-electron chi connectivity index (χ1n) is 5.31. The van der Waals surface area contributed by atoms with Gasteiger partial charge in [-0.1, -0.05) is 11.6 Å². The van der Waals surface area contributed by atoms with E-state index in [-0.39, 0.29) is 10.6 Å². The second-order valence-electron chi connectivity index (χ2n) is 3.67. The van der Waals surface area contributed by atoms with Crippen LogP contribution in [0.25, 0.3) is 0 Å². The van der Waals surface area contributed by atoms with Gasteiger partial charge in [0.05, 0.1) is 11.3 Å². The van der Waals surface area contributed by atoms with Crippen LogP contribution in [0.5, 0.6) is 0 Å². The molecule has 104 valence electrons. The minimum Gasteiger partial charge on any atom is -0.478 e. The van der Waals surface area contributed by atoms with E-state index in [2.05, 4.69) is 26.6 Å². The predicted molar refractivity (Wildman–Crippen MR) is 83.1 cm³/mol. The van der Waals surface area contributed by atoms with Gasteiger partial charge in [-0.15, -0.1) is 11.3 Å². The molecule has 1 aromatic carbocycles. The molecule has 0 atom stereocenters. The Hall–Kier alpha value is -1.57. The second kappa shape index (κ2) is 6.25. The lowest BCUT2D eigenvalue weighted by Gasteiger charge is -2.09. The molecule has 0 spiro atoms. The Labute approximate surface area is 131 Å². The average Bonchev–Trinajstić information content (AvgIpc) is 2.82. The summed E-state index contributed by atoms with van der Waals surface area (Å²) in [4.78, 5) is 22.8. The Morgan fingerprint density at radius 2 is 2.00 bits per heavy atom. The van der Waals surface area contributed by atoms with Gasteiger partial charge in [0.2, 0.25) is 0 Å². The Morgan fingerprint density at radius 1 is 1.25 bits per heavy atom. The molecule has 5 nitrogen and oxygen atoms in total. The first kappa shape index (κ1) is 14.8. The number of benzene rings is 1. The highest BCUT2D eigenvalue weighted by molar-refractivity contribution is 9.10. The summed E-state index contributed by atoms with van der Waals surface area (Å²) in [6, 6.07) is 5.84. The van der Waals surface area contributed by atoms with Crippen molar-refractivity contribution in [2.24, 2.45) is 0 Å². The van der Waals surface area contributed by atoms with Crippen LogP contribution in [-0.4, -0.2) is 17.1 Å². The van der Waals surface area contributed by atoms with Crippen LogP contribution in [0.3, 0.4) is 0 Å². The molecule has 0 fully saturated rings. The molecule has 2 rings (SSSR count). The molecule has 0 aliphatic rings. The summed E-state index contributed by atoms with van der Waals surface area (Å²) in [5.41, 5.74) is 0.541. The number of hydrogen-bond donors (Lipinski definition) is 3. The number of amides is 2. The second-order valence-corrected chi connectivity index (χ2v) is 5.88. The van der Waals surface area contributed by atoms with Crippen LogP contribution in [-0.2, 0) is 0 Å². The van der Waals surface area contributed by atoms with Gasteiger partial charge in [-0.3, -0.25) is 5.32 Å². The number of hydrogen-bond acceptors (Lipinski definition) is 3. The van der Waals surface area contributed by atoms with Crippen LogP contribution in [0.2, 0.25) is 5.02 Å². The lowest BCUT2D eigenvalue weighted by molar-refractivity contribution is 0.0698. The molecule has 0 unspecified atom stereocenters. The van der Waals surface area contributed by atoms with Gasteiger partial charge in [0.1, 0.15) is 5.00 Å². The molecule has 8 heteroatoms. The van der Waals surface area contributed by atoms with Crippen LogP contribution in [0, 0.1) is 0 Å². The molecule has 1 aromatic heterocycles. The lowest BCUT2D eigenvalue weighted by Crippen LogP contribution is -2.20. The standard InChI is InChI=1S/C12H8BrClN2O3S/c13-8-2-1-6(14)5-9(8)15-12(19)16-10-7(11(17)18)3-4-20-10/h1-5H,(H,17,18)(H2,15,16,19). The van der Waals surface area contributed by atoms with Crippen molar-refractivity contribution in [1.29, 1.82) is 0 Å². The third kappa shape index (κ3) is 3.50. The zero-order chi connectivity index (χ0) is 14.7. The molecular weight excluding hydrogens is 368 g/mol. The fourth-order valence-electron chi connectivity index (χ4n) is 1.42. The third-order valence-corrected chi connectivity index (χ3v) is 4.06. The summed E-state index contributed by atoms with van der Waals surface area (Å²) in [7, 11) is 0. The number of carbonyl (C=O) groups is 2. The molecular formula is C12H8BrClN2O3S. The van der Waals surface area contributed by atoms with Crippen LogP contribution >= 0.6 is 38.9 Å². The van der Waals surface area contributed by atoms with Crippen molar-refractivity contribution in [2.75, 3.05) is 10.6 Å². The molecule has 0 aliphatic carbocycles. The summed E-state index contributed by atoms with van der Waals surface area (Å²) in [6.07, 6.45) is 0. The van der Waals surface area contributed by atoms with Crippen molar-refractivity contribution in [3.63, 3.8) is 0 Å².